The van der Waals surface area contributed by atoms with E-state index in [4.69, 9.17) is 4.98 Å². The molecule has 4 rings (SSSR count). The van der Waals surface area contributed by atoms with Gasteiger partial charge in [-0.3, -0.25) is 0 Å². The summed E-state index contributed by atoms with van der Waals surface area (Å²) in [5.41, 5.74) is 5.49. The summed E-state index contributed by atoms with van der Waals surface area (Å²) in [4.78, 5) is 7.45. The van der Waals surface area contributed by atoms with Crippen LogP contribution < -0.4 is 0 Å². The maximum Gasteiger partial charge on any atom is 0.115 e. The molecule has 0 unspecified atom stereocenters. The van der Waals surface area contributed by atoms with Crippen LogP contribution >= 0.6 is 34.4 Å². The molecule has 0 bridgehead atoms. The molecule has 0 saturated heterocycles. The second kappa shape index (κ2) is 8.02. The van der Waals surface area contributed by atoms with Gasteiger partial charge in [-0.15, -0.1) is 34.4 Å². The topological polar surface area (TPSA) is 36.7 Å². The zero-order chi connectivity index (χ0) is 18.8. The molecule has 0 fully saturated rings. The number of nitrogens with zero attached hydrogens (tertiary/aromatic N) is 2. The molecule has 0 aliphatic heterocycles. The number of fused-ring (bicyclic) bond motifs is 1. The first-order chi connectivity index (χ1) is 13.2. The number of hydrogen-bond acceptors (Lipinski definition) is 5. The van der Waals surface area contributed by atoms with Crippen molar-refractivity contribution in [2.45, 2.75) is 31.7 Å². The highest BCUT2D eigenvalue weighted by atomic mass is 32.2. The fourth-order valence-electron chi connectivity index (χ4n) is 3.32. The summed E-state index contributed by atoms with van der Waals surface area (Å²) >= 11 is 5.17. The van der Waals surface area contributed by atoms with Crippen LogP contribution in [0, 0.1) is 17.2 Å². The molecule has 3 heterocycles. The molecule has 0 amide bonds. The van der Waals surface area contributed by atoms with E-state index in [0.717, 1.165) is 40.4 Å². The highest BCUT2D eigenvalue weighted by Crippen LogP contribution is 2.44. The number of pyridine rings is 1. The van der Waals surface area contributed by atoms with Crippen molar-refractivity contribution in [1.82, 2.24) is 4.98 Å². The minimum Gasteiger partial charge on any atom is -0.240 e. The molecule has 0 atom stereocenters. The molecule has 3 aromatic heterocycles. The van der Waals surface area contributed by atoms with Gasteiger partial charge in [-0.2, -0.15) is 5.26 Å². The van der Waals surface area contributed by atoms with Crippen molar-refractivity contribution < 1.29 is 0 Å². The van der Waals surface area contributed by atoms with Gasteiger partial charge in [0.15, 0.2) is 0 Å². The predicted molar refractivity (Wildman–Crippen MR) is 118 cm³/mol. The molecule has 0 radical (unpaired) electrons. The summed E-state index contributed by atoms with van der Waals surface area (Å²) in [5.74, 6) is 1.52. The molecule has 1 aliphatic carbocycles. The third kappa shape index (κ3) is 3.75. The molecule has 27 heavy (non-hydrogen) atoms. The lowest BCUT2D eigenvalue weighted by Crippen LogP contribution is -2.01. The van der Waals surface area contributed by atoms with E-state index < -0.39 is 0 Å². The molecule has 0 saturated carbocycles. The highest BCUT2D eigenvalue weighted by Gasteiger charge is 2.27. The summed E-state index contributed by atoms with van der Waals surface area (Å²) < 4.78 is 0. The minimum atomic E-state index is 0.558. The Morgan fingerprint density at radius 3 is 2.70 bits per heavy atom. The standard InChI is InChI=1S/C22H20N2S3/c1-14(2)13-27-22-18(12-23)20(19-6-4-10-26-19)17-8-7-15(21(17)24-22)11-16-5-3-9-25-16/h3-6,9-11,14H,7-8,13H2,1-2H3. The molecule has 2 nitrogen and oxygen atoms in total. The lowest BCUT2D eigenvalue weighted by molar-refractivity contribution is 0.749. The zero-order valence-electron chi connectivity index (χ0n) is 15.4. The smallest absolute Gasteiger partial charge is 0.115 e. The van der Waals surface area contributed by atoms with E-state index >= 15 is 0 Å². The summed E-state index contributed by atoms with van der Waals surface area (Å²) in [5, 5.41) is 15.0. The van der Waals surface area contributed by atoms with Gasteiger partial charge in [0, 0.05) is 21.1 Å². The summed E-state index contributed by atoms with van der Waals surface area (Å²) in [6.45, 7) is 4.41. The number of hydrogen-bond donors (Lipinski definition) is 0. The molecule has 0 aromatic carbocycles. The van der Waals surface area contributed by atoms with Crippen molar-refractivity contribution in [3.63, 3.8) is 0 Å². The Morgan fingerprint density at radius 1 is 1.22 bits per heavy atom. The third-order valence-electron chi connectivity index (χ3n) is 4.51. The van der Waals surface area contributed by atoms with E-state index in [0.29, 0.717) is 5.92 Å². The van der Waals surface area contributed by atoms with Crippen LogP contribution in [0.3, 0.4) is 0 Å². The molecular weight excluding hydrogens is 388 g/mol. The van der Waals surface area contributed by atoms with E-state index in [1.54, 1.807) is 34.4 Å². The lowest BCUT2D eigenvalue weighted by atomic mass is 10.0. The molecule has 0 spiro atoms. The van der Waals surface area contributed by atoms with Crippen molar-refractivity contribution in [1.29, 1.82) is 5.26 Å². The predicted octanol–water partition coefficient (Wildman–Crippen LogP) is 6.98. The largest absolute Gasteiger partial charge is 0.240 e. The number of aromatic nitrogens is 1. The maximum absolute atomic E-state index is 9.96. The Balaban J connectivity index is 1.90. The molecular formula is C22H20N2S3. The van der Waals surface area contributed by atoms with E-state index in [-0.39, 0.29) is 0 Å². The van der Waals surface area contributed by atoms with Gasteiger partial charge in [0.25, 0.3) is 0 Å². The van der Waals surface area contributed by atoms with Gasteiger partial charge in [0.05, 0.1) is 11.3 Å². The van der Waals surface area contributed by atoms with Gasteiger partial charge in [-0.1, -0.05) is 26.0 Å². The molecule has 1 aliphatic rings. The van der Waals surface area contributed by atoms with E-state index in [9.17, 15) is 5.26 Å². The van der Waals surface area contributed by atoms with Crippen LogP contribution in [0.4, 0.5) is 0 Å². The Bertz CT molecular complexity index is 1010. The van der Waals surface area contributed by atoms with Crippen molar-refractivity contribution in [2.75, 3.05) is 5.75 Å². The Kier molecular flexibility index (Phi) is 5.49. The number of rotatable bonds is 5. The second-order valence-corrected chi connectivity index (χ2v) is 9.91. The first-order valence-corrected chi connectivity index (χ1v) is 11.8. The van der Waals surface area contributed by atoms with Crippen molar-refractivity contribution >= 4 is 46.1 Å². The highest BCUT2D eigenvalue weighted by molar-refractivity contribution is 7.99. The average molecular weight is 409 g/mol. The van der Waals surface area contributed by atoms with Crippen molar-refractivity contribution in [3.05, 3.63) is 56.7 Å². The average Bonchev–Trinajstić information content (AvgIpc) is 3.41. The van der Waals surface area contributed by atoms with Gasteiger partial charge in [-0.05, 0) is 58.9 Å². The zero-order valence-corrected chi connectivity index (χ0v) is 17.8. The van der Waals surface area contributed by atoms with E-state index in [1.807, 2.05) is 0 Å². The minimum absolute atomic E-state index is 0.558. The number of allylic oxidation sites excluding steroid dienone is 1. The summed E-state index contributed by atoms with van der Waals surface area (Å²) in [6, 6.07) is 10.9. The van der Waals surface area contributed by atoms with Gasteiger partial charge >= 0.3 is 0 Å². The SMILES string of the molecule is CC(C)CSc1nc2c(c(-c3cccs3)c1C#N)CCC2=Cc1cccs1. The molecule has 3 aromatic rings. The lowest BCUT2D eigenvalue weighted by Gasteiger charge is -2.14. The Labute approximate surface area is 172 Å². The quantitative estimate of drug-likeness (QED) is 0.427. The fourth-order valence-corrected chi connectivity index (χ4v) is 5.75. The van der Waals surface area contributed by atoms with Crippen LogP contribution in [0.15, 0.2) is 40.1 Å². The van der Waals surface area contributed by atoms with E-state index in [1.165, 1.54) is 20.9 Å². The van der Waals surface area contributed by atoms with Crippen LogP contribution in [0.2, 0.25) is 0 Å². The maximum atomic E-state index is 9.96. The summed E-state index contributed by atoms with van der Waals surface area (Å²) in [6.07, 6.45) is 4.21. The Morgan fingerprint density at radius 2 is 2.04 bits per heavy atom. The van der Waals surface area contributed by atoms with Gasteiger partial charge in [-0.25, -0.2) is 4.98 Å². The summed E-state index contributed by atoms with van der Waals surface area (Å²) in [7, 11) is 0. The number of thiophene rings is 2. The second-order valence-electron chi connectivity index (χ2n) is 6.97. The van der Waals surface area contributed by atoms with Crippen LogP contribution in [0.1, 0.15) is 42.0 Å². The van der Waals surface area contributed by atoms with Crippen molar-refractivity contribution in [2.24, 2.45) is 5.92 Å². The van der Waals surface area contributed by atoms with Gasteiger partial charge in [0.2, 0.25) is 0 Å². The first-order valence-electron chi connectivity index (χ1n) is 9.05. The molecule has 136 valence electrons. The van der Waals surface area contributed by atoms with E-state index in [2.05, 4.69) is 61.0 Å². The molecule has 5 heteroatoms. The first kappa shape index (κ1) is 18.5. The van der Waals surface area contributed by atoms with Crippen LogP contribution in [0.5, 0.6) is 0 Å². The van der Waals surface area contributed by atoms with Gasteiger partial charge < -0.3 is 0 Å². The monoisotopic (exact) mass is 408 g/mol. The normalized spacial score (nSPS) is 14.7. The van der Waals surface area contributed by atoms with Crippen LogP contribution in [-0.2, 0) is 6.42 Å². The third-order valence-corrected chi connectivity index (χ3v) is 7.61. The number of nitriles is 1. The van der Waals surface area contributed by atoms with Crippen LogP contribution in [0.25, 0.3) is 22.1 Å². The van der Waals surface area contributed by atoms with Crippen molar-refractivity contribution in [3.8, 4) is 16.5 Å². The fraction of sp³-hybridized carbons (Fsp3) is 0.273. The Hall–Kier alpha value is -1.87. The molecule has 0 N–H and O–H groups in total. The number of thioether (sulfide) groups is 1. The van der Waals surface area contributed by atoms with Gasteiger partial charge in [0.1, 0.15) is 11.1 Å². The van der Waals surface area contributed by atoms with Crippen LogP contribution in [-0.4, -0.2) is 10.7 Å².